The van der Waals surface area contributed by atoms with Gasteiger partial charge in [-0.05, 0) is 42.3 Å². The zero-order chi connectivity index (χ0) is 22.2. The van der Waals surface area contributed by atoms with E-state index in [0.717, 1.165) is 30.9 Å². The first-order valence-corrected chi connectivity index (χ1v) is 11.1. The molecule has 8 nitrogen and oxygen atoms in total. The van der Waals surface area contributed by atoms with Crippen LogP contribution in [0.5, 0.6) is 5.75 Å². The number of nitrogens with zero attached hydrogens (tertiary/aromatic N) is 3. The minimum absolute atomic E-state index is 0.177. The monoisotopic (exact) mass is 454 g/mol. The molecule has 2 saturated heterocycles. The summed E-state index contributed by atoms with van der Waals surface area (Å²) in [6, 6.07) is 8.66. The normalized spacial score (nSPS) is 21.3. The molecule has 3 aliphatic rings. The lowest BCUT2D eigenvalue weighted by Crippen LogP contribution is -2.52. The van der Waals surface area contributed by atoms with Crippen molar-refractivity contribution in [2.24, 2.45) is 0 Å². The van der Waals surface area contributed by atoms with Crippen molar-refractivity contribution in [1.29, 1.82) is 0 Å². The molecule has 0 spiro atoms. The molecule has 0 radical (unpaired) electrons. The van der Waals surface area contributed by atoms with Gasteiger partial charge in [-0.1, -0.05) is 11.6 Å². The van der Waals surface area contributed by atoms with Crippen molar-refractivity contribution in [2.75, 3.05) is 26.2 Å². The molecule has 0 aliphatic carbocycles. The molecule has 1 aromatic carbocycles. The topological polar surface area (TPSA) is 91.8 Å². The molecule has 2 aromatic rings. The number of likely N-dealkylation sites (tertiary alicyclic amines) is 1. The lowest BCUT2D eigenvalue weighted by molar-refractivity contribution is -0.136. The third kappa shape index (κ3) is 4.08. The van der Waals surface area contributed by atoms with Crippen molar-refractivity contribution in [3.05, 3.63) is 58.4 Å². The Kier molecular flexibility index (Phi) is 5.57. The van der Waals surface area contributed by atoms with E-state index in [0.29, 0.717) is 41.8 Å². The second kappa shape index (κ2) is 8.52. The maximum atomic E-state index is 12.8. The summed E-state index contributed by atoms with van der Waals surface area (Å²) in [5.74, 6) is 0.266. The van der Waals surface area contributed by atoms with Crippen LogP contribution in [0, 0.1) is 0 Å². The largest absolute Gasteiger partial charge is 0.492 e. The van der Waals surface area contributed by atoms with Crippen molar-refractivity contribution in [2.45, 2.75) is 31.3 Å². The Hall–Kier alpha value is -2.97. The average molecular weight is 455 g/mol. The number of fused-ring (bicyclic) bond motifs is 1. The molecule has 1 aromatic heterocycles. The minimum Gasteiger partial charge on any atom is -0.492 e. The molecule has 1 unspecified atom stereocenters. The Bertz CT molecular complexity index is 1070. The van der Waals surface area contributed by atoms with E-state index in [4.69, 9.17) is 16.3 Å². The maximum Gasteiger partial charge on any atom is 0.255 e. The number of imide groups is 1. The van der Waals surface area contributed by atoms with Crippen LogP contribution in [-0.2, 0) is 16.1 Å². The van der Waals surface area contributed by atoms with Crippen molar-refractivity contribution >= 4 is 29.3 Å². The highest BCUT2D eigenvalue weighted by atomic mass is 35.5. The Morgan fingerprint density at radius 2 is 2.00 bits per heavy atom. The van der Waals surface area contributed by atoms with Crippen LogP contribution in [0.1, 0.15) is 40.4 Å². The molecule has 2 fully saturated rings. The third-order valence-corrected chi connectivity index (χ3v) is 6.52. The average Bonchev–Trinajstić information content (AvgIpc) is 3.06. The summed E-state index contributed by atoms with van der Waals surface area (Å²) in [4.78, 5) is 44.5. The molecule has 1 atom stereocenters. The quantitative estimate of drug-likeness (QED) is 0.671. The van der Waals surface area contributed by atoms with Gasteiger partial charge in [-0.25, -0.2) is 0 Å². The Balaban J connectivity index is 1.12. The van der Waals surface area contributed by atoms with E-state index < -0.39 is 11.9 Å². The van der Waals surface area contributed by atoms with E-state index in [-0.39, 0.29) is 18.2 Å². The lowest BCUT2D eigenvalue weighted by atomic mass is 9.96. The number of pyridine rings is 1. The van der Waals surface area contributed by atoms with Crippen LogP contribution in [0.2, 0.25) is 5.02 Å². The van der Waals surface area contributed by atoms with E-state index >= 15 is 0 Å². The molecule has 3 aliphatic heterocycles. The van der Waals surface area contributed by atoms with Gasteiger partial charge >= 0.3 is 0 Å². The predicted octanol–water partition coefficient (Wildman–Crippen LogP) is 1.97. The Morgan fingerprint density at radius 3 is 2.75 bits per heavy atom. The van der Waals surface area contributed by atoms with Crippen LogP contribution in [0.3, 0.4) is 0 Å². The van der Waals surface area contributed by atoms with Crippen LogP contribution in [-0.4, -0.2) is 64.8 Å². The van der Waals surface area contributed by atoms with Crippen LogP contribution >= 0.6 is 11.6 Å². The van der Waals surface area contributed by atoms with E-state index in [2.05, 4.69) is 15.2 Å². The number of aromatic nitrogens is 1. The number of carbonyl (C=O) groups is 3. The second-order valence-corrected chi connectivity index (χ2v) is 8.86. The minimum atomic E-state index is -0.605. The van der Waals surface area contributed by atoms with Gasteiger partial charge < -0.3 is 9.64 Å². The first-order chi connectivity index (χ1) is 15.5. The SMILES string of the molecule is O=C1CCC(N2Cc3cc(OCCN4CC(c5ccc(Cl)cn5)C4)ccc3C2=O)C(=O)N1. The first kappa shape index (κ1) is 20.9. The van der Waals surface area contributed by atoms with Gasteiger partial charge in [0.15, 0.2) is 0 Å². The summed E-state index contributed by atoms with van der Waals surface area (Å²) in [7, 11) is 0. The van der Waals surface area contributed by atoms with Gasteiger partial charge in [0.1, 0.15) is 18.4 Å². The number of halogens is 1. The summed E-state index contributed by atoms with van der Waals surface area (Å²) in [6.45, 7) is 3.58. The second-order valence-electron chi connectivity index (χ2n) is 8.43. The number of carbonyl (C=O) groups excluding carboxylic acids is 3. The van der Waals surface area contributed by atoms with Gasteiger partial charge in [0.05, 0.1) is 5.02 Å². The number of benzene rings is 1. The van der Waals surface area contributed by atoms with Crippen molar-refractivity contribution in [3.63, 3.8) is 0 Å². The van der Waals surface area contributed by atoms with Gasteiger partial charge in [0, 0.05) is 56.0 Å². The standard InChI is InChI=1S/C23H23ClN4O4/c24-16-1-4-19(25-10-16)15-11-27(12-15)7-8-32-17-2-3-18-14(9-17)13-28(23(18)31)20-5-6-21(29)26-22(20)30/h1-4,9-10,15,20H,5-8,11-13H2,(H,26,29,30). The molecule has 5 rings (SSSR count). The Morgan fingerprint density at radius 1 is 1.16 bits per heavy atom. The number of rotatable bonds is 6. The molecular formula is C23H23ClN4O4. The summed E-state index contributed by atoms with van der Waals surface area (Å²) >= 11 is 5.89. The van der Waals surface area contributed by atoms with E-state index in [9.17, 15) is 14.4 Å². The molecule has 4 heterocycles. The third-order valence-electron chi connectivity index (χ3n) is 6.30. The molecule has 9 heteroatoms. The predicted molar refractivity (Wildman–Crippen MR) is 116 cm³/mol. The van der Waals surface area contributed by atoms with Gasteiger partial charge in [0.25, 0.3) is 5.91 Å². The summed E-state index contributed by atoms with van der Waals surface area (Å²) in [5.41, 5.74) is 2.49. The van der Waals surface area contributed by atoms with E-state index in [1.807, 2.05) is 18.2 Å². The fourth-order valence-electron chi connectivity index (χ4n) is 4.50. The number of amides is 3. The highest BCUT2D eigenvalue weighted by Gasteiger charge is 2.39. The number of nitrogens with one attached hydrogen (secondary N) is 1. The Labute approximate surface area is 190 Å². The summed E-state index contributed by atoms with van der Waals surface area (Å²) in [5, 5.41) is 2.97. The molecule has 32 heavy (non-hydrogen) atoms. The fraction of sp³-hybridized carbons (Fsp3) is 0.391. The fourth-order valence-corrected chi connectivity index (χ4v) is 4.61. The summed E-state index contributed by atoms with van der Waals surface area (Å²) < 4.78 is 5.92. The number of hydrogen-bond acceptors (Lipinski definition) is 6. The molecule has 166 valence electrons. The number of hydrogen-bond donors (Lipinski definition) is 1. The molecule has 3 amide bonds. The zero-order valence-electron chi connectivity index (χ0n) is 17.4. The summed E-state index contributed by atoms with van der Waals surface area (Å²) in [6.07, 6.45) is 2.29. The molecule has 0 saturated carbocycles. The van der Waals surface area contributed by atoms with Crippen LogP contribution in [0.4, 0.5) is 0 Å². The van der Waals surface area contributed by atoms with Crippen LogP contribution in [0.25, 0.3) is 0 Å². The van der Waals surface area contributed by atoms with Gasteiger partial charge in [-0.3, -0.25) is 29.6 Å². The van der Waals surface area contributed by atoms with E-state index in [1.165, 1.54) is 0 Å². The number of piperidine rings is 1. The van der Waals surface area contributed by atoms with Crippen LogP contribution < -0.4 is 10.1 Å². The van der Waals surface area contributed by atoms with E-state index in [1.54, 1.807) is 23.2 Å². The molecule has 0 bridgehead atoms. The maximum absolute atomic E-state index is 12.8. The van der Waals surface area contributed by atoms with Gasteiger partial charge in [-0.15, -0.1) is 0 Å². The van der Waals surface area contributed by atoms with Crippen molar-refractivity contribution in [1.82, 2.24) is 20.1 Å². The zero-order valence-corrected chi connectivity index (χ0v) is 18.2. The highest BCUT2D eigenvalue weighted by molar-refractivity contribution is 6.30. The highest BCUT2D eigenvalue weighted by Crippen LogP contribution is 2.30. The lowest BCUT2D eigenvalue weighted by Gasteiger charge is -2.38. The molecular weight excluding hydrogens is 432 g/mol. The van der Waals surface area contributed by atoms with Gasteiger partial charge in [-0.2, -0.15) is 0 Å². The van der Waals surface area contributed by atoms with Gasteiger partial charge in [0.2, 0.25) is 11.8 Å². The first-order valence-electron chi connectivity index (χ1n) is 10.7. The molecule has 1 N–H and O–H groups in total. The van der Waals surface area contributed by atoms with Crippen LogP contribution in [0.15, 0.2) is 36.5 Å². The number of ether oxygens (including phenoxy) is 1. The smallest absolute Gasteiger partial charge is 0.255 e. The van der Waals surface area contributed by atoms with Crippen molar-refractivity contribution in [3.8, 4) is 5.75 Å². The van der Waals surface area contributed by atoms with Crippen molar-refractivity contribution < 1.29 is 19.1 Å².